The number of benzene rings is 2. The van der Waals surface area contributed by atoms with Gasteiger partial charge in [0.25, 0.3) is 0 Å². The molecular formula is C23H22N6O4S2. The van der Waals surface area contributed by atoms with Crippen molar-refractivity contribution in [2.24, 2.45) is 0 Å². The highest BCUT2D eigenvalue weighted by atomic mass is 32.2. The number of nitrogens with zero attached hydrogens (tertiary/aromatic N) is 4. The van der Waals surface area contributed by atoms with E-state index in [1.807, 2.05) is 54.6 Å². The van der Waals surface area contributed by atoms with E-state index < -0.39 is 0 Å². The van der Waals surface area contributed by atoms with Crippen molar-refractivity contribution in [3.8, 4) is 17.1 Å². The minimum Gasteiger partial charge on any atom is -0.496 e. The molecule has 35 heavy (non-hydrogen) atoms. The summed E-state index contributed by atoms with van der Waals surface area (Å²) in [5.41, 5.74) is 1.48. The third kappa shape index (κ3) is 7.11. The van der Waals surface area contributed by atoms with Gasteiger partial charge in [-0.25, -0.2) is 0 Å². The second-order valence-corrected chi connectivity index (χ2v) is 9.47. The average molecular weight is 511 g/mol. The van der Waals surface area contributed by atoms with Crippen LogP contribution in [0, 0.1) is 0 Å². The van der Waals surface area contributed by atoms with Gasteiger partial charge in [-0.15, -0.1) is 10.2 Å². The largest absolute Gasteiger partial charge is 0.496 e. The molecular weight excluding hydrogens is 488 g/mol. The smallest absolute Gasteiger partial charge is 0.227 e. The van der Waals surface area contributed by atoms with E-state index in [0.717, 1.165) is 5.69 Å². The number of para-hydroxylation sites is 2. The molecule has 0 radical (unpaired) electrons. The monoisotopic (exact) mass is 510 g/mol. The van der Waals surface area contributed by atoms with E-state index in [4.69, 9.17) is 9.26 Å². The molecule has 2 aromatic heterocycles. The molecule has 10 nitrogen and oxygen atoms in total. The molecule has 12 heteroatoms. The second-order valence-electron chi connectivity index (χ2n) is 7.15. The highest BCUT2D eigenvalue weighted by Crippen LogP contribution is 2.28. The number of thioether (sulfide) groups is 1. The highest BCUT2D eigenvalue weighted by Gasteiger charge is 2.15. The number of methoxy groups -OCH3 is 1. The van der Waals surface area contributed by atoms with E-state index in [-0.39, 0.29) is 24.7 Å². The summed E-state index contributed by atoms with van der Waals surface area (Å²) in [6, 6.07) is 16.6. The van der Waals surface area contributed by atoms with Gasteiger partial charge < -0.3 is 19.9 Å². The Balaban J connectivity index is 1.19. The quantitative estimate of drug-likeness (QED) is 0.224. The average Bonchev–Trinajstić information content (AvgIpc) is 3.53. The third-order valence-corrected chi connectivity index (χ3v) is 6.62. The van der Waals surface area contributed by atoms with Crippen LogP contribution in [0.1, 0.15) is 18.7 Å². The van der Waals surface area contributed by atoms with Gasteiger partial charge in [0.05, 0.1) is 12.7 Å². The first-order valence-electron chi connectivity index (χ1n) is 10.7. The number of carbonyl (C=O) groups is 2. The number of ether oxygens (including phenoxy) is 1. The zero-order chi connectivity index (χ0) is 24.5. The first-order chi connectivity index (χ1) is 17.1. The number of rotatable bonds is 11. The van der Waals surface area contributed by atoms with Gasteiger partial charge in [0.1, 0.15) is 5.75 Å². The van der Waals surface area contributed by atoms with E-state index in [1.165, 1.54) is 23.1 Å². The summed E-state index contributed by atoms with van der Waals surface area (Å²) < 4.78 is 11.3. The van der Waals surface area contributed by atoms with Crippen molar-refractivity contribution in [2.45, 2.75) is 23.6 Å². The number of aryl methyl sites for hydroxylation is 1. The van der Waals surface area contributed by atoms with Gasteiger partial charge in [-0.1, -0.05) is 58.6 Å². The fraction of sp³-hybridized carbons (Fsp3) is 0.217. The van der Waals surface area contributed by atoms with Crippen LogP contribution >= 0.6 is 23.1 Å². The van der Waals surface area contributed by atoms with Crippen molar-refractivity contribution < 1.29 is 18.8 Å². The lowest BCUT2D eigenvalue weighted by Crippen LogP contribution is -2.12. The Morgan fingerprint density at radius 3 is 2.60 bits per heavy atom. The molecule has 2 aromatic carbocycles. The summed E-state index contributed by atoms with van der Waals surface area (Å²) in [4.78, 5) is 28.7. The molecule has 0 saturated carbocycles. The molecule has 180 valence electrons. The normalized spacial score (nSPS) is 10.7. The van der Waals surface area contributed by atoms with Gasteiger partial charge in [-0.3, -0.25) is 9.59 Å². The van der Waals surface area contributed by atoms with Gasteiger partial charge in [-0.2, -0.15) is 4.98 Å². The van der Waals surface area contributed by atoms with Crippen molar-refractivity contribution in [3.63, 3.8) is 0 Å². The maximum absolute atomic E-state index is 12.3. The zero-order valence-corrected chi connectivity index (χ0v) is 20.4. The van der Waals surface area contributed by atoms with E-state index in [1.54, 1.807) is 7.11 Å². The topological polar surface area (TPSA) is 132 Å². The van der Waals surface area contributed by atoms with E-state index in [0.29, 0.717) is 44.7 Å². The minimum atomic E-state index is -0.239. The Kier molecular flexibility index (Phi) is 8.41. The molecule has 0 atom stereocenters. The van der Waals surface area contributed by atoms with Crippen LogP contribution in [-0.4, -0.2) is 45.0 Å². The molecule has 0 unspecified atom stereocenters. The Morgan fingerprint density at radius 2 is 1.77 bits per heavy atom. The lowest BCUT2D eigenvalue weighted by Gasteiger charge is -2.03. The van der Waals surface area contributed by atoms with Gasteiger partial charge in [0.2, 0.25) is 28.7 Å². The Hall–Kier alpha value is -3.77. The van der Waals surface area contributed by atoms with Crippen LogP contribution in [0.2, 0.25) is 0 Å². The van der Waals surface area contributed by atoms with E-state index in [9.17, 15) is 9.59 Å². The molecule has 4 aromatic rings. The molecule has 0 saturated heterocycles. The summed E-state index contributed by atoms with van der Waals surface area (Å²) in [5.74, 6) is 1.63. The molecule has 0 fully saturated rings. The van der Waals surface area contributed by atoms with E-state index >= 15 is 0 Å². The highest BCUT2D eigenvalue weighted by molar-refractivity contribution is 8.01. The van der Waals surface area contributed by atoms with Crippen LogP contribution in [0.3, 0.4) is 0 Å². The van der Waals surface area contributed by atoms with Crippen molar-refractivity contribution in [1.82, 2.24) is 20.3 Å². The van der Waals surface area contributed by atoms with Gasteiger partial charge in [-0.05, 0) is 24.3 Å². The zero-order valence-electron chi connectivity index (χ0n) is 18.8. The molecule has 0 bridgehead atoms. The van der Waals surface area contributed by atoms with Crippen LogP contribution in [0.4, 0.5) is 10.8 Å². The number of carbonyl (C=O) groups excluding carboxylic acids is 2. The number of amides is 2. The number of aromatic nitrogens is 4. The van der Waals surface area contributed by atoms with Crippen molar-refractivity contribution >= 4 is 45.7 Å². The van der Waals surface area contributed by atoms with Crippen LogP contribution < -0.4 is 15.4 Å². The van der Waals surface area contributed by atoms with Crippen LogP contribution in [0.15, 0.2) is 63.5 Å². The maximum atomic E-state index is 12.3. The fourth-order valence-corrected chi connectivity index (χ4v) is 4.77. The van der Waals surface area contributed by atoms with Crippen LogP contribution in [0.5, 0.6) is 5.75 Å². The number of hydrogen-bond donors (Lipinski definition) is 2. The SMILES string of the molecule is COc1ccccc1-c1noc(CCC(=O)Nc2nnc(SCCC(=O)Nc3ccccc3)s2)n1. The fourth-order valence-electron chi connectivity index (χ4n) is 2.99. The first kappa shape index (κ1) is 24.4. The maximum Gasteiger partial charge on any atom is 0.227 e. The number of hydrogen-bond acceptors (Lipinski definition) is 10. The van der Waals surface area contributed by atoms with Gasteiger partial charge >= 0.3 is 0 Å². The van der Waals surface area contributed by atoms with Crippen LogP contribution in [-0.2, 0) is 16.0 Å². The molecule has 4 rings (SSSR count). The number of anilines is 2. The predicted molar refractivity (Wildman–Crippen MR) is 134 cm³/mol. The van der Waals surface area contributed by atoms with Gasteiger partial charge in [0.15, 0.2) is 4.34 Å². The molecule has 2 N–H and O–H groups in total. The molecule has 0 aliphatic rings. The lowest BCUT2D eigenvalue weighted by atomic mass is 10.2. The summed E-state index contributed by atoms with van der Waals surface area (Å²) in [7, 11) is 1.57. The van der Waals surface area contributed by atoms with Crippen LogP contribution in [0.25, 0.3) is 11.4 Å². The molecule has 0 aliphatic heterocycles. The first-order valence-corrected chi connectivity index (χ1v) is 12.5. The number of nitrogens with one attached hydrogen (secondary N) is 2. The Bertz CT molecular complexity index is 1280. The molecule has 0 aliphatic carbocycles. The van der Waals surface area contributed by atoms with Crippen molar-refractivity contribution in [1.29, 1.82) is 0 Å². The second kappa shape index (κ2) is 12.1. The summed E-state index contributed by atoms with van der Waals surface area (Å²) >= 11 is 2.67. The summed E-state index contributed by atoms with van der Waals surface area (Å²) in [5, 5.41) is 18.0. The van der Waals surface area contributed by atoms with E-state index in [2.05, 4.69) is 31.0 Å². The lowest BCUT2D eigenvalue weighted by molar-refractivity contribution is -0.116. The Morgan fingerprint density at radius 1 is 1.00 bits per heavy atom. The molecule has 2 amide bonds. The Labute approximate surface area is 209 Å². The van der Waals surface area contributed by atoms with Gasteiger partial charge in [0, 0.05) is 30.7 Å². The minimum absolute atomic E-state index is 0.0726. The third-order valence-electron chi connectivity index (χ3n) is 4.65. The van der Waals surface area contributed by atoms with Crippen molar-refractivity contribution in [3.05, 3.63) is 60.5 Å². The molecule has 0 spiro atoms. The molecule has 2 heterocycles. The summed E-state index contributed by atoms with van der Waals surface area (Å²) in [6.07, 6.45) is 0.766. The summed E-state index contributed by atoms with van der Waals surface area (Å²) in [6.45, 7) is 0. The van der Waals surface area contributed by atoms with Crippen molar-refractivity contribution in [2.75, 3.05) is 23.5 Å². The predicted octanol–water partition coefficient (Wildman–Crippen LogP) is 4.29. The standard InChI is InChI=1S/C23H22N6O4S2/c1-32-17-10-6-5-9-16(17)21-26-20(33-29-21)12-11-18(30)25-22-27-28-23(35-22)34-14-13-19(31)24-15-7-3-2-4-8-15/h2-10H,11-14H2,1H3,(H,24,31)(H,25,27,30).